The third kappa shape index (κ3) is 3.12. The van der Waals surface area contributed by atoms with Crippen molar-refractivity contribution in [3.05, 3.63) is 72.6 Å². The number of amides is 1. The quantitative estimate of drug-likeness (QED) is 0.601. The second kappa shape index (κ2) is 6.68. The number of benzene rings is 2. The summed E-state index contributed by atoms with van der Waals surface area (Å²) in [7, 11) is 1.61. The summed E-state index contributed by atoms with van der Waals surface area (Å²) in [6.07, 6.45) is 3.16. The molecule has 0 atom stereocenters. The Labute approximate surface area is 149 Å². The van der Waals surface area contributed by atoms with Crippen LogP contribution in [0.1, 0.15) is 10.4 Å². The molecule has 0 aliphatic rings. The van der Waals surface area contributed by atoms with E-state index >= 15 is 0 Å². The molecule has 0 radical (unpaired) electrons. The van der Waals surface area contributed by atoms with Crippen molar-refractivity contribution in [3.8, 4) is 17.2 Å². The van der Waals surface area contributed by atoms with E-state index in [1.165, 1.54) is 0 Å². The van der Waals surface area contributed by atoms with Crippen molar-refractivity contribution in [1.29, 1.82) is 0 Å². The van der Waals surface area contributed by atoms with Gasteiger partial charge in [0, 0.05) is 35.3 Å². The number of hydrogen-bond acceptors (Lipinski definition) is 5. The van der Waals surface area contributed by atoms with E-state index in [0.717, 1.165) is 11.3 Å². The zero-order chi connectivity index (χ0) is 17.9. The summed E-state index contributed by atoms with van der Waals surface area (Å²) in [6.45, 7) is 0. The fraction of sp³-hybridized carbons (Fsp3) is 0.0500. The smallest absolute Gasteiger partial charge is 0.255 e. The highest BCUT2D eigenvalue weighted by Crippen LogP contribution is 2.28. The van der Waals surface area contributed by atoms with Crippen LogP contribution < -0.4 is 10.1 Å². The molecule has 0 aliphatic heterocycles. The minimum atomic E-state index is -0.209. The van der Waals surface area contributed by atoms with Crippen LogP contribution in [0.5, 0.6) is 5.75 Å². The number of hydrogen-bond donors (Lipinski definition) is 1. The first-order valence-electron chi connectivity index (χ1n) is 7.99. The number of carbonyl (C=O) groups excluding carboxylic acids is 1. The second-order valence-electron chi connectivity index (χ2n) is 5.62. The normalized spacial score (nSPS) is 10.7. The molecule has 0 aliphatic carbocycles. The van der Waals surface area contributed by atoms with E-state index in [2.05, 4.69) is 15.3 Å². The molecule has 26 heavy (non-hydrogen) atoms. The van der Waals surface area contributed by atoms with Crippen molar-refractivity contribution < 1.29 is 13.9 Å². The van der Waals surface area contributed by atoms with E-state index in [4.69, 9.17) is 9.15 Å². The lowest BCUT2D eigenvalue weighted by atomic mass is 10.2. The molecule has 0 saturated carbocycles. The highest BCUT2D eigenvalue weighted by atomic mass is 16.5. The summed E-state index contributed by atoms with van der Waals surface area (Å²) in [6, 6.07) is 16.2. The van der Waals surface area contributed by atoms with Crippen molar-refractivity contribution in [2.45, 2.75) is 0 Å². The van der Waals surface area contributed by atoms with Crippen molar-refractivity contribution in [2.24, 2.45) is 0 Å². The van der Waals surface area contributed by atoms with Crippen LogP contribution in [0.25, 0.3) is 22.6 Å². The van der Waals surface area contributed by atoms with Gasteiger partial charge in [-0.05, 0) is 42.5 Å². The average Bonchev–Trinajstić information content (AvgIpc) is 3.12. The molecule has 4 aromatic rings. The van der Waals surface area contributed by atoms with Crippen LogP contribution in [0.2, 0.25) is 0 Å². The molecule has 0 spiro atoms. The number of nitrogens with one attached hydrogen (secondary N) is 1. The topological polar surface area (TPSA) is 77.2 Å². The van der Waals surface area contributed by atoms with E-state index in [9.17, 15) is 4.79 Å². The number of carbonyl (C=O) groups is 1. The van der Waals surface area contributed by atoms with Gasteiger partial charge in [-0.25, -0.2) is 4.98 Å². The van der Waals surface area contributed by atoms with E-state index in [0.29, 0.717) is 28.2 Å². The van der Waals surface area contributed by atoms with Gasteiger partial charge in [-0.2, -0.15) is 0 Å². The van der Waals surface area contributed by atoms with E-state index in [1.54, 1.807) is 43.8 Å². The molecule has 0 unspecified atom stereocenters. The van der Waals surface area contributed by atoms with Gasteiger partial charge < -0.3 is 14.5 Å². The molecule has 0 bridgehead atoms. The van der Waals surface area contributed by atoms with Gasteiger partial charge in [0.15, 0.2) is 5.58 Å². The predicted molar refractivity (Wildman–Crippen MR) is 98.2 cm³/mol. The Morgan fingerprint density at radius 1 is 1.08 bits per heavy atom. The number of oxazole rings is 1. The van der Waals surface area contributed by atoms with Crippen molar-refractivity contribution in [2.75, 3.05) is 12.4 Å². The highest BCUT2D eigenvalue weighted by molar-refractivity contribution is 6.04. The van der Waals surface area contributed by atoms with Gasteiger partial charge in [-0.3, -0.25) is 9.78 Å². The molecule has 0 saturated heterocycles. The van der Waals surface area contributed by atoms with Gasteiger partial charge >= 0.3 is 0 Å². The van der Waals surface area contributed by atoms with Gasteiger partial charge in [0.1, 0.15) is 11.3 Å². The lowest BCUT2D eigenvalue weighted by Crippen LogP contribution is -2.11. The minimum Gasteiger partial charge on any atom is -0.497 e. The number of anilines is 1. The van der Waals surface area contributed by atoms with Gasteiger partial charge in [-0.1, -0.05) is 6.07 Å². The Hall–Kier alpha value is -3.67. The highest BCUT2D eigenvalue weighted by Gasteiger charge is 2.11. The average molecular weight is 345 g/mol. The van der Waals surface area contributed by atoms with Crippen LogP contribution in [-0.2, 0) is 0 Å². The maximum Gasteiger partial charge on any atom is 0.255 e. The molecule has 128 valence electrons. The van der Waals surface area contributed by atoms with E-state index < -0.39 is 0 Å². The Morgan fingerprint density at radius 3 is 2.73 bits per heavy atom. The van der Waals surface area contributed by atoms with Crippen LogP contribution in [0.15, 0.2) is 71.4 Å². The molecule has 1 N–H and O–H groups in total. The SMILES string of the molecule is COc1cccc(-c2nc3ccc(NC(=O)c4ccncc4)cc3o2)c1. The van der Waals surface area contributed by atoms with Gasteiger partial charge in [0.2, 0.25) is 5.89 Å². The number of aromatic nitrogens is 2. The van der Waals surface area contributed by atoms with Crippen LogP contribution >= 0.6 is 0 Å². The first-order valence-corrected chi connectivity index (χ1v) is 7.99. The summed E-state index contributed by atoms with van der Waals surface area (Å²) in [4.78, 5) is 20.6. The number of fused-ring (bicyclic) bond motifs is 1. The van der Waals surface area contributed by atoms with Gasteiger partial charge in [0.05, 0.1) is 7.11 Å². The van der Waals surface area contributed by atoms with Crippen molar-refractivity contribution >= 4 is 22.7 Å². The molecule has 2 aromatic heterocycles. The van der Waals surface area contributed by atoms with Gasteiger partial charge in [-0.15, -0.1) is 0 Å². The Kier molecular flexibility index (Phi) is 4.07. The molecule has 6 heteroatoms. The zero-order valence-corrected chi connectivity index (χ0v) is 14.0. The number of rotatable bonds is 4. The van der Waals surface area contributed by atoms with Crippen molar-refractivity contribution in [3.63, 3.8) is 0 Å². The zero-order valence-electron chi connectivity index (χ0n) is 14.0. The number of pyridine rings is 1. The Balaban J connectivity index is 1.62. The lowest BCUT2D eigenvalue weighted by molar-refractivity contribution is 0.102. The number of ether oxygens (including phenoxy) is 1. The second-order valence-corrected chi connectivity index (χ2v) is 5.62. The fourth-order valence-electron chi connectivity index (χ4n) is 2.59. The van der Waals surface area contributed by atoms with Crippen molar-refractivity contribution in [1.82, 2.24) is 9.97 Å². The maximum absolute atomic E-state index is 12.2. The van der Waals surface area contributed by atoms with Crippen LogP contribution in [-0.4, -0.2) is 23.0 Å². The third-order valence-electron chi connectivity index (χ3n) is 3.91. The molecule has 0 fully saturated rings. The predicted octanol–water partition coefficient (Wildman–Crippen LogP) is 4.15. The molecule has 1 amide bonds. The molecule has 2 aromatic carbocycles. The number of nitrogens with zero attached hydrogens (tertiary/aromatic N) is 2. The Bertz CT molecular complexity index is 1070. The van der Waals surface area contributed by atoms with Crippen LogP contribution in [0, 0.1) is 0 Å². The van der Waals surface area contributed by atoms with E-state index in [-0.39, 0.29) is 5.91 Å². The lowest BCUT2D eigenvalue weighted by Gasteiger charge is -2.04. The van der Waals surface area contributed by atoms with Gasteiger partial charge in [0.25, 0.3) is 5.91 Å². The molecule has 4 rings (SSSR count). The monoisotopic (exact) mass is 345 g/mol. The molecule has 6 nitrogen and oxygen atoms in total. The summed E-state index contributed by atoms with van der Waals surface area (Å²) < 4.78 is 11.1. The first-order chi connectivity index (χ1) is 12.7. The molecular formula is C20H15N3O3. The van der Waals surface area contributed by atoms with E-state index in [1.807, 2.05) is 30.3 Å². The first kappa shape index (κ1) is 15.8. The summed E-state index contributed by atoms with van der Waals surface area (Å²) in [5, 5.41) is 2.84. The standard InChI is InChI=1S/C20H15N3O3/c1-25-16-4-2-3-14(11-16)20-23-17-6-5-15(12-18(17)26-20)22-19(24)13-7-9-21-10-8-13/h2-12H,1H3,(H,22,24). The molecular weight excluding hydrogens is 330 g/mol. The summed E-state index contributed by atoms with van der Waals surface area (Å²) >= 11 is 0. The fourth-order valence-corrected chi connectivity index (χ4v) is 2.59. The summed E-state index contributed by atoms with van der Waals surface area (Å²) in [5.74, 6) is 1.02. The minimum absolute atomic E-state index is 0.209. The van der Waals surface area contributed by atoms with Crippen LogP contribution in [0.3, 0.4) is 0 Å². The van der Waals surface area contributed by atoms with Crippen LogP contribution in [0.4, 0.5) is 5.69 Å². The Morgan fingerprint density at radius 2 is 1.92 bits per heavy atom. The molecule has 2 heterocycles. The summed E-state index contributed by atoms with van der Waals surface area (Å²) in [5.41, 5.74) is 3.30. The third-order valence-corrected chi connectivity index (χ3v) is 3.91. The largest absolute Gasteiger partial charge is 0.497 e. The number of methoxy groups -OCH3 is 1. The maximum atomic E-state index is 12.2.